The summed E-state index contributed by atoms with van der Waals surface area (Å²) in [6.45, 7) is 4.13. The van der Waals surface area contributed by atoms with Gasteiger partial charge in [0.15, 0.2) is 0 Å². The summed E-state index contributed by atoms with van der Waals surface area (Å²) in [4.78, 5) is 0. The zero-order valence-corrected chi connectivity index (χ0v) is 12.4. The van der Waals surface area contributed by atoms with Gasteiger partial charge in [0, 0.05) is 5.75 Å². The van der Waals surface area contributed by atoms with Crippen molar-refractivity contribution >= 4 is 11.8 Å². The average molecular weight is 295 g/mol. The van der Waals surface area contributed by atoms with Crippen molar-refractivity contribution in [2.45, 2.75) is 37.3 Å². The van der Waals surface area contributed by atoms with Crippen LogP contribution in [0.5, 0.6) is 0 Å². The maximum Gasteiger partial charge on any atom is 0.276 e. The third kappa shape index (κ3) is 3.80. The Balaban J connectivity index is 1.94. The fraction of sp³-hybridized carbons (Fsp3) is 0.429. The van der Waals surface area contributed by atoms with Crippen LogP contribution < -0.4 is 5.73 Å². The van der Waals surface area contributed by atoms with Gasteiger partial charge in [-0.05, 0) is 23.6 Å². The van der Waals surface area contributed by atoms with E-state index in [-0.39, 0.29) is 11.9 Å². The van der Waals surface area contributed by atoms with Crippen molar-refractivity contribution in [3.8, 4) is 0 Å². The lowest BCUT2D eigenvalue weighted by Crippen LogP contribution is -2.18. The predicted octanol–water partition coefficient (Wildman–Crippen LogP) is 3.55. The van der Waals surface area contributed by atoms with Crippen LogP contribution in [0.15, 0.2) is 33.9 Å². The highest BCUT2D eigenvalue weighted by Gasteiger charge is 2.19. The predicted molar refractivity (Wildman–Crippen MR) is 76.6 cm³/mol. The summed E-state index contributed by atoms with van der Waals surface area (Å²) in [5.41, 5.74) is 7.04. The normalized spacial score (nSPS) is 14.2. The number of nitrogens with zero attached hydrogens (tertiary/aromatic N) is 2. The van der Waals surface area contributed by atoms with E-state index in [9.17, 15) is 4.39 Å². The van der Waals surface area contributed by atoms with Gasteiger partial charge in [0.1, 0.15) is 5.82 Å². The Bertz CT molecular complexity index is 544. The summed E-state index contributed by atoms with van der Waals surface area (Å²) in [5, 5.41) is 8.46. The zero-order chi connectivity index (χ0) is 14.5. The number of thioether (sulfide) groups is 1. The minimum Gasteiger partial charge on any atom is -0.414 e. The van der Waals surface area contributed by atoms with Crippen LogP contribution in [-0.4, -0.2) is 10.2 Å². The molecule has 0 radical (unpaired) electrons. The van der Waals surface area contributed by atoms with Gasteiger partial charge in [-0.25, -0.2) is 4.39 Å². The Morgan fingerprint density at radius 3 is 2.65 bits per heavy atom. The molecule has 0 spiro atoms. The molecule has 2 unspecified atom stereocenters. The molecule has 0 fully saturated rings. The van der Waals surface area contributed by atoms with Crippen molar-refractivity contribution in [3.05, 3.63) is 41.5 Å². The molecule has 2 atom stereocenters. The highest BCUT2D eigenvalue weighted by Crippen LogP contribution is 2.26. The molecular weight excluding hydrogens is 277 g/mol. The molecule has 1 heterocycles. The molecule has 20 heavy (non-hydrogen) atoms. The first kappa shape index (κ1) is 15.0. The molecular formula is C14H18FN3OS. The van der Waals surface area contributed by atoms with Crippen LogP contribution in [-0.2, 0) is 5.75 Å². The first-order chi connectivity index (χ1) is 9.60. The second kappa shape index (κ2) is 6.85. The molecule has 2 N–H and O–H groups in total. The van der Waals surface area contributed by atoms with Crippen molar-refractivity contribution < 1.29 is 8.81 Å². The molecule has 4 nitrogen and oxygen atoms in total. The van der Waals surface area contributed by atoms with Gasteiger partial charge in [0.2, 0.25) is 5.89 Å². The van der Waals surface area contributed by atoms with Crippen molar-refractivity contribution in [1.29, 1.82) is 0 Å². The Kier molecular flexibility index (Phi) is 5.14. The number of halogens is 1. The number of aromatic nitrogens is 2. The molecule has 0 saturated heterocycles. The monoisotopic (exact) mass is 295 g/mol. The second-order valence-corrected chi connectivity index (χ2v) is 5.66. The molecule has 2 aromatic rings. The van der Waals surface area contributed by atoms with Crippen LogP contribution in [0.25, 0.3) is 0 Å². The van der Waals surface area contributed by atoms with E-state index in [1.54, 1.807) is 12.1 Å². The van der Waals surface area contributed by atoms with E-state index in [1.807, 2.05) is 0 Å². The van der Waals surface area contributed by atoms with Crippen LogP contribution in [0.4, 0.5) is 4.39 Å². The highest BCUT2D eigenvalue weighted by atomic mass is 32.2. The molecule has 1 aromatic carbocycles. The number of benzene rings is 1. The maximum atomic E-state index is 12.8. The van der Waals surface area contributed by atoms with E-state index < -0.39 is 0 Å². The lowest BCUT2D eigenvalue weighted by Gasteiger charge is -2.13. The SMILES string of the molecule is CCC(C)C(N)c1nnc(SCc2ccc(F)cc2)o1. The number of hydrogen-bond acceptors (Lipinski definition) is 5. The van der Waals surface area contributed by atoms with Crippen molar-refractivity contribution in [1.82, 2.24) is 10.2 Å². The molecule has 6 heteroatoms. The van der Waals surface area contributed by atoms with E-state index >= 15 is 0 Å². The summed E-state index contributed by atoms with van der Waals surface area (Å²) < 4.78 is 18.3. The van der Waals surface area contributed by atoms with E-state index in [0.717, 1.165) is 12.0 Å². The quantitative estimate of drug-likeness (QED) is 0.826. The first-order valence-electron chi connectivity index (χ1n) is 6.56. The fourth-order valence-corrected chi connectivity index (χ4v) is 2.36. The standard InChI is InChI=1S/C14H18FN3OS/c1-3-9(2)12(16)13-17-18-14(19-13)20-8-10-4-6-11(15)7-5-10/h4-7,9,12H,3,8,16H2,1-2H3. The van der Waals surface area contributed by atoms with Gasteiger partial charge >= 0.3 is 0 Å². The van der Waals surface area contributed by atoms with Crippen molar-refractivity contribution in [2.24, 2.45) is 11.7 Å². The maximum absolute atomic E-state index is 12.8. The van der Waals surface area contributed by atoms with Crippen LogP contribution in [0.1, 0.15) is 37.8 Å². The summed E-state index contributed by atoms with van der Waals surface area (Å²) >= 11 is 1.42. The van der Waals surface area contributed by atoms with Crippen LogP contribution >= 0.6 is 11.8 Å². The minimum atomic E-state index is -0.238. The Morgan fingerprint density at radius 2 is 2.00 bits per heavy atom. The third-order valence-electron chi connectivity index (χ3n) is 3.24. The van der Waals surface area contributed by atoms with Gasteiger partial charge in [0.05, 0.1) is 6.04 Å². The van der Waals surface area contributed by atoms with Crippen molar-refractivity contribution in [3.63, 3.8) is 0 Å². The van der Waals surface area contributed by atoms with Crippen LogP contribution in [0.2, 0.25) is 0 Å². The molecule has 0 bridgehead atoms. The molecule has 108 valence electrons. The van der Waals surface area contributed by atoms with E-state index in [4.69, 9.17) is 10.2 Å². The highest BCUT2D eigenvalue weighted by molar-refractivity contribution is 7.98. The third-order valence-corrected chi connectivity index (χ3v) is 4.13. The Labute approximate surface area is 122 Å². The molecule has 0 aliphatic carbocycles. The average Bonchev–Trinajstić information content (AvgIpc) is 2.94. The lowest BCUT2D eigenvalue weighted by atomic mass is 10.0. The number of hydrogen-bond donors (Lipinski definition) is 1. The zero-order valence-electron chi connectivity index (χ0n) is 11.5. The molecule has 1 aromatic heterocycles. The lowest BCUT2D eigenvalue weighted by molar-refractivity contribution is 0.333. The summed E-state index contributed by atoms with van der Waals surface area (Å²) in [6, 6.07) is 6.13. The largest absolute Gasteiger partial charge is 0.414 e. The smallest absolute Gasteiger partial charge is 0.276 e. The van der Waals surface area contributed by atoms with Gasteiger partial charge < -0.3 is 10.2 Å². The minimum absolute atomic E-state index is 0.229. The molecule has 0 amide bonds. The molecule has 2 rings (SSSR count). The molecule has 0 saturated carbocycles. The second-order valence-electron chi connectivity index (χ2n) is 4.73. The van der Waals surface area contributed by atoms with E-state index in [0.29, 0.717) is 22.8 Å². The topological polar surface area (TPSA) is 64.9 Å². The number of rotatable bonds is 6. The van der Waals surface area contributed by atoms with Crippen LogP contribution in [0, 0.1) is 11.7 Å². The van der Waals surface area contributed by atoms with E-state index in [1.165, 1.54) is 23.9 Å². The van der Waals surface area contributed by atoms with E-state index in [2.05, 4.69) is 24.0 Å². The summed E-state index contributed by atoms with van der Waals surface area (Å²) in [5.74, 6) is 1.19. The Morgan fingerprint density at radius 1 is 1.30 bits per heavy atom. The fourth-order valence-electron chi connectivity index (χ4n) is 1.64. The van der Waals surface area contributed by atoms with Crippen molar-refractivity contribution in [2.75, 3.05) is 0 Å². The van der Waals surface area contributed by atoms with Crippen LogP contribution in [0.3, 0.4) is 0 Å². The molecule has 0 aliphatic rings. The van der Waals surface area contributed by atoms with Gasteiger partial charge in [-0.3, -0.25) is 0 Å². The molecule has 0 aliphatic heterocycles. The Hall–Kier alpha value is -1.40. The first-order valence-corrected chi connectivity index (χ1v) is 7.55. The van der Waals surface area contributed by atoms with Gasteiger partial charge in [-0.2, -0.15) is 0 Å². The summed E-state index contributed by atoms with van der Waals surface area (Å²) in [7, 11) is 0. The number of nitrogens with two attached hydrogens (primary N) is 1. The van der Waals surface area contributed by atoms with Gasteiger partial charge in [0.25, 0.3) is 5.22 Å². The summed E-state index contributed by atoms with van der Waals surface area (Å²) in [6.07, 6.45) is 0.960. The van der Waals surface area contributed by atoms with Gasteiger partial charge in [-0.1, -0.05) is 44.2 Å². The van der Waals surface area contributed by atoms with Gasteiger partial charge in [-0.15, -0.1) is 10.2 Å².